The first kappa shape index (κ1) is 11.1. The Morgan fingerprint density at radius 1 is 1.47 bits per heavy atom. The largest absolute Gasteiger partial charge is 0.478 e. The van der Waals surface area contributed by atoms with Gasteiger partial charge in [0.05, 0.1) is 17.8 Å². The van der Waals surface area contributed by atoms with Crippen LogP contribution in [0.4, 0.5) is 5.82 Å². The van der Waals surface area contributed by atoms with Crippen LogP contribution in [0.2, 0.25) is 0 Å². The smallest absolute Gasteiger partial charge is 0.337 e. The number of aryl methyl sites for hydroxylation is 1. The number of hydrogen-bond acceptors (Lipinski definition) is 4. The Morgan fingerprint density at radius 2 is 2.29 bits per heavy atom. The van der Waals surface area contributed by atoms with Gasteiger partial charge >= 0.3 is 5.97 Å². The molecule has 0 unspecified atom stereocenters. The molecule has 0 saturated carbocycles. The van der Waals surface area contributed by atoms with E-state index in [-0.39, 0.29) is 5.56 Å². The molecule has 0 fully saturated rings. The summed E-state index contributed by atoms with van der Waals surface area (Å²) >= 11 is 0. The Kier molecular flexibility index (Phi) is 3.04. The van der Waals surface area contributed by atoms with Crippen molar-refractivity contribution in [3.8, 4) is 0 Å². The minimum atomic E-state index is -0.971. The number of carboxylic acid groups (broad SMARTS) is 1. The van der Waals surface area contributed by atoms with Gasteiger partial charge in [0, 0.05) is 25.5 Å². The molecule has 88 valence electrons. The van der Waals surface area contributed by atoms with Gasteiger partial charge in [0.1, 0.15) is 5.82 Å². The van der Waals surface area contributed by atoms with E-state index in [2.05, 4.69) is 15.4 Å². The number of hydrogen-bond donors (Lipinski definition) is 2. The Balaban J connectivity index is 1.97. The molecule has 2 heterocycles. The van der Waals surface area contributed by atoms with E-state index in [0.29, 0.717) is 6.54 Å². The molecule has 0 atom stereocenters. The van der Waals surface area contributed by atoms with Crippen LogP contribution in [0.25, 0.3) is 0 Å². The van der Waals surface area contributed by atoms with Crippen LogP contribution in [0, 0.1) is 0 Å². The van der Waals surface area contributed by atoms with Crippen molar-refractivity contribution in [3.05, 3.63) is 41.9 Å². The number of aromatic carboxylic acids is 1. The summed E-state index contributed by atoms with van der Waals surface area (Å²) < 4.78 is 1.70. The molecule has 0 aliphatic heterocycles. The van der Waals surface area contributed by atoms with Crippen LogP contribution in [-0.2, 0) is 13.6 Å². The van der Waals surface area contributed by atoms with E-state index in [1.54, 1.807) is 10.7 Å². The predicted octanol–water partition coefficient (Wildman–Crippen LogP) is 1.13. The van der Waals surface area contributed by atoms with Crippen molar-refractivity contribution in [2.45, 2.75) is 6.54 Å². The van der Waals surface area contributed by atoms with Crippen molar-refractivity contribution >= 4 is 11.8 Å². The fraction of sp³-hybridized carbons (Fsp3) is 0.182. The van der Waals surface area contributed by atoms with Gasteiger partial charge in [-0.05, 0) is 12.1 Å². The SMILES string of the molecule is Cn1ccc(NCc2ccc(C(=O)O)cn2)n1. The van der Waals surface area contributed by atoms with E-state index in [1.165, 1.54) is 12.3 Å². The monoisotopic (exact) mass is 232 g/mol. The molecular formula is C11H12N4O2. The number of carbonyl (C=O) groups is 1. The molecular weight excluding hydrogens is 220 g/mol. The van der Waals surface area contributed by atoms with E-state index in [4.69, 9.17) is 5.11 Å². The van der Waals surface area contributed by atoms with Crippen LogP contribution < -0.4 is 5.32 Å². The van der Waals surface area contributed by atoms with Gasteiger partial charge in [0.2, 0.25) is 0 Å². The summed E-state index contributed by atoms with van der Waals surface area (Å²) in [6.07, 6.45) is 3.18. The van der Waals surface area contributed by atoms with Crippen LogP contribution in [0.5, 0.6) is 0 Å². The summed E-state index contributed by atoms with van der Waals surface area (Å²) in [7, 11) is 1.84. The average Bonchev–Trinajstić information content (AvgIpc) is 2.73. The number of pyridine rings is 1. The molecule has 6 nitrogen and oxygen atoms in total. The Morgan fingerprint density at radius 3 is 2.82 bits per heavy atom. The number of nitrogens with one attached hydrogen (secondary N) is 1. The quantitative estimate of drug-likeness (QED) is 0.825. The van der Waals surface area contributed by atoms with Gasteiger partial charge in [-0.2, -0.15) is 5.10 Å². The molecule has 0 aliphatic rings. The van der Waals surface area contributed by atoms with Gasteiger partial charge in [-0.3, -0.25) is 9.67 Å². The number of aromatic nitrogens is 3. The van der Waals surface area contributed by atoms with Crippen molar-refractivity contribution in [1.29, 1.82) is 0 Å². The third-order valence-corrected chi connectivity index (χ3v) is 2.24. The summed E-state index contributed by atoms with van der Waals surface area (Å²) in [5.74, 6) is -0.210. The van der Waals surface area contributed by atoms with Gasteiger partial charge < -0.3 is 10.4 Å². The standard InChI is InChI=1S/C11H12N4O2/c1-15-5-4-10(14-15)13-7-9-3-2-8(6-12-9)11(16)17/h2-6H,7H2,1H3,(H,13,14)(H,16,17). The molecule has 2 aromatic heterocycles. The first-order valence-corrected chi connectivity index (χ1v) is 5.07. The van der Waals surface area contributed by atoms with Crippen LogP contribution in [-0.4, -0.2) is 25.8 Å². The van der Waals surface area contributed by atoms with E-state index < -0.39 is 5.97 Å². The van der Waals surface area contributed by atoms with Crippen LogP contribution >= 0.6 is 0 Å². The van der Waals surface area contributed by atoms with Gasteiger partial charge in [-0.15, -0.1) is 0 Å². The maximum atomic E-state index is 10.6. The van der Waals surface area contributed by atoms with Crippen molar-refractivity contribution in [3.63, 3.8) is 0 Å². The topological polar surface area (TPSA) is 80.0 Å². The van der Waals surface area contributed by atoms with E-state index in [9.17, 15) is 4.79 Å². The molecule has 0 amide bonds. The molecule has 0 bridgehead atoms. The first-order valence-electron chi connectivity index (χ1n) is 5.07. The van der Waals surface area contributed by atoms with Gasteiger partial charge in [0.15, 0.2) is 0 Å². The van der Waals surface area contributed by atoms with E-state index in [0.717, 1.165) is 11.5 Å². The fourth-order valence-electron chi connectivity index (χ4n) is 1.35. The van der Waals surface area contributed by atoms with E-state index >= 15 is 0 Å². The highest BCUT2D eigenvalue weighted by Gasteiger charge is 2.03. The van der Waals surface area contributed by atoms with Crippen LogP contribution in [0.3, 0.4) is 0 Å². The third-order valence-electron chi connectivity index (χ3n) is 2.24. The lowest BCUT2D eigenvalue weighted by molar-refractivity contribution is 0.0696. The second-order valence-electron chi connectivity index (χ2n) is 3.57. The fourth-order valence-corrected chi connectivity index (χ4v) is 1.35. The predicted molar refractivity (Wildman–Crippen MR) is 61.7 cm³/mol. The summed E-state index contributed by atoms with van der Waals surface area (Å²) in [5.41, 5.74) is 0.951. The molecule has 0 radical (unpaired) electrons. The highest BCUT2D eigenvalue weighted by molar-refractivity contribution is 5.87. The summed E-state index contributed by atoms with van der Waals surface area (Å²) in [5, 5.41) is 16.0. The summed E-state index contributed by atoms with van der Waals surface area (Å²) in [4.78, 5) is 14.7. The van der Waals surface area contributed by atoms with Crippen molar-refractivity contribution in [2.24, 2.45) is 7.05 Å². The number of rotatable bonds is 4. The molecule has 2 N–H and O–H groups in total. The maximum Gasteiger partial charge on any atom is 0.337 e. The second kappa shape index (κ2) is 4.65. The second-order valence-corrected chi connectivity index (χ2v) is 3.57. The molecule has 0 saturated heterocycles. The molecule has 2 rings (SSSR count). The molecule has 17 heavy (non-hydrogen) atoms. The minimum absolute atomic E-state index is 0.187. The summed E-state index contributed by atoms with van der Waals surface area (Å²) in [6.45, 7) is 0.511. The molecule has 2 aromatic rings. The van der Waals surface area contributed by atoms with Crippen molar-refractivity contribution in [1.82, 2.24) is 14.8 Å². The Labute approximate surface area is 97.9 Å². The summed E-state index contributed by atoms with van der Waals surface area (Å²) in [6, 6.07) is 5.07. The number of nitrogens with zero attached hydrogens (tertiary/aromatic N) is 3. The van der Waals surface area contributed by atoms with Gasteiger partial charge in [0.25, 0.3) is 0 Å². The molecule has 0 aromatic carbocycles. The van der Waals surface area contributed by atoms with Crippen molar-refractivity contribution < 1.29 is 9.90 Å². The lowest BCUT2D eigenvalue weighted by Crippen LogP contribution is -2.04. The highest BCUT2D eigenvalue weighted by atomic mass is 16.4. The van der Waals surface area contributed by atoms with Crippen LogP contribution in [0.1, 0.15) is 16.1 Å². The molecule has 6 heteroatoms. The first-order chi connectivity index (χ1) is 8.15. The zero-order valence-electron chi connectivity index (χ0n) is 9.29. The normalized spacial score (nSPS) is 10.2. The highest BCUT2D eigenvalue weighted by Crippen LogP contribution is 2.05. The minimum Gasteiger partial charge on any atom is -0.478 e. The Bertz CT molecular complexity index is 519. The molecule has 0 spiro atoms. The van der Waals surface area contributed by atoms with E-state index in [1.807, 2.05) is 19.3 Å². The third kappa shape index (κ3) is 2.81. The molecule has 0 aliphatic carbocycles. The Hall–Kier alpha value is -2.37. The van der Waals surface area contributed by atoms with Gasteiger partial charge in [-0.1, -0.05) is 0 Å². The zero-order chi connectivity index (χ0) is 12.3. The zero-order valence-corrected chi connectivity index (χ0v) is 9.29. The number of carboxylic acids is 1. The van der Waals surface area contributed by atoms with Gasteiger partial charge in [-0.25, -0.2) is 4.79 Å². The average molecular weight is 232 g/mol. The number of anilines is 1. The lowest BCUT2D eigenvalue weighted by Gasteiger charge is -2.02. The maximum absolute atomic E-state index is 10.6. The lowest BCUT2D eigenvalue weighted by atomic mass is 10.2. The van der Waals surface area contributed by atoms with Crippen LogP contribution in [0.15, 0.2) is 30.6 Å². The van der Waals surface area contributed by atoms with Crippen molar-refractivity contribution in [2.75, 3.05) is 5.32 Å².